The van der Waals surface area contributed by atoms with E-state index >= 15 is 0 Å². The van der Waals surface area contributed by atoms with Crippen LogP contribution in [0.15, 0.2) is 54.6 Å². The third-order valence-electron chi connectivity index (χ3n) is 2.90. The highest BCUT2D eigenvalue weighted by atomic mass is 127. The molecule has 0 aliphatic carbocycles. The Morgan fingerprint density at radius 2 is 1.79 bits per heavy atom. The number of nitrogens with zero attached hydrogens (tertiary/aromatic N) is 1. The zero-order valence-corrected chi connectivity index (χ0v) is 12.1. The number of hydrogen-bond donors (Lipinski definition) is 2. The van der Waals surface area contributed by atoms with Crippen LogP contribution in [0.1, 0.15) is 0 Å². The van der Waals surface area contributed by atoms with E-state index in [0.29, 0.717) is 0 Å². The Bertz CT molecular complexity index is 707. The Kier molecular flexibility index (Phi) is 3.25. The van der Waals surface area contributed by atoms with E-state index in [-0.39, 0.29) is 5.75 Å². The fourth-order valence-corrected chi connectivity index (χ4v) is 2.43. The van der Waals surface area contributed by atoms with Gasteiger partial charge in [0.05, 0.1) is 11.4 Å². The maximum Gasteiger partial charge on any atom is 0.125 e. The van der Waals surface area contributed by atoms with Gasteiger partial charge in [-0.2, -0.15) is 5.10 Å². The number of phenolic OH excluding ortho intramolecular Hbond substituents is 1. The summed E-state index contributed by atoms with van der Waals surface area (Å²) in [7, 11) is 0. The van der Waals surface area contributed by atoms with Crippen LogP contribution in [0.2, 0.25) is 0 Å². The normalized spacial score (nSPS) is 10.6. The number of aromatic nitrogens is 2. The third-order valence-corrected chi connectivity index (χ3v) is 3.57. The van der Waals surface area contributed by atoms with Crippen molar-refractivity contribution in [2.24, 2.45) is 0 Å². The van der Waals surface area contributed by atoms with Crippen molar-refractivity contribution >= 4 is 22.6 Å². The van der Waals surface area contributed by atoms with Crippen molar-refractivity contribution in [3.05, 3.63) is 58.2 Å². The van der Waals surface area contributed by atoms with E-state index in [9.17, 15) is 5.11 Å². The fourth-order valence-electron chi connectivity index (χ4n) is 1.94. The maximum absolute atomic E-state index is 9.92. The Balaban J connectivity index is 2.04. The predicted octanol–water partition coefficient (Wildman–Crippen LogP) is 4.05. The third kappa shape index (κ3) is 2.49. The van der Waals surface area contributed by atoms with Crippen LogP contribution in [0.3, 0.4) is 0 Å². The van der Waals surface area contributed by atoms with Gasteiger partial charge in [-0.25, -0.2) is 0 Å². The van der Waals surface area contributed by atoms with Gasteiger partial charge in [-0.05, 0) is 46.9 Å². The first-order valence-corrected chi connectivity index (χ1v) is 6.91. The van der Waals surface area contributed by atoms with Gasteiger partial charge >= 0.3 is 0 Å². The highest BCUT2D eigenvalue weighted by Crippen LogP contribution is 2.31. The lowest BCUT2D eigenvalue weighted by molar-refractivity contribution is 0.477. The van der Waals surface area contributed by atoms with E-state index in [1.54, 1.807) is 6.07 Å². The number of benzene rings is 2. The van der Waals surface area contributed by atoms with Crippen molar-refractivity contribution in [1.29, 1.82) is 0 Å². The summed E-state index contributed by atoms with van der Waals surface area (Å²) in [5.74, 6) is 0.253. The molecule has 0 atom stereocenters. The molecule has 1 aromatic heterocycles. The lowest BCUT2D eigenvalue weighted by atomic mass is 10.1. The van der Waals surface area contributed by atoms with Gasteiger partial charge in [-0.15, -0.1) is 0 Å². The first-order valence-electron chi connectivity index (χ1n) is 5.84. The highest BCUT2D eigenvalue weighted by molar-refractivity contribution is 14.1. The molecule has 19 heavy (non-hydrogen) atoms. The van der Waals surface area contributed by atoms with Crippen LogP contribution in [0, 0.1) is 3.57 Å². The fraction of sp³-hybridized carbons (Fsp3) is 0. The van der Waals surface area contributed by atoms with Crippen LogP contribution >= 0.6 is 22.6 Å². The monoisotopic (exact) mass is 362 g/mol. The molecule has 1 heterocycles. The quantitative estimate of drug-likeness (QED) is 0.676. The Labute approximate surface area is 124 Å². The predicted molar refractivity (Wildman–Crippen MR) is 83.8 cm³/mol. The van der Waals surface area contributed by atoms with Crippen LogP contribution in [-0.4, -0.2) is 15.3 Å². The highest BCUT2D eigenvalue weighted by Gasteiger charge is 2.09. The minimum absolute atomic E-state index is 0.253. The molecular formula is C15H11IN2O. The van der Waals surface area contributed by atoms with E-state index in [1.165, 1.54) is 0 Å². The second kappa shape index (κ2) is 5.05. The molecule has 0 aliphatic rings. The molecule has 4 heteroatoms. The molecule has 0 amide bonds. The average Bonchev–Trinajstić information content (AvgIpc) is 2.92. The number of H-pyrrole nitrogens is 1. The van der Waals surface area contributed by atoms with Gasteiger partial charge in [0, 0.05) is 14.7 Å². The van der Waals surface area contributed by atoms with E-state index < -0.39 is 0 Å². The van der Waals surface area contributed by atoms with E-state index in [2.05, 4.69) is 32.8 Å². The minimum atomic E-state index is 0.253. The van der Waals surface area contributed by atoms with Crippen LogP contribution in [0.25, 0.3) is 22.5 Å². The summed E-state index contributed by atoms with van der Waals surface area (Å²) in [6, 6.07) is 17.4. The molecule has 0 radical (unpaired) electrons. The zero-order valence-electron chi connectivity index (χ0n) is 9.97. The second-order valence-electron chi connectivity index (χ2n) is 4.19. The number of phenols is 1. The van der Waals surface area contributed by atoms with Crippen LogP contribution < -0.4 is 0 Å². The molecule has 0 bridgehead atoms. The largest absolute Gasteiger partial charge is 0.507 e. The zero-order chi connectivity index (χ0) is 13.2. The van der Waals surface area contributed by atoms with Crippen molar-refractivity contribution in [2.75, 3.05) is 0 Å². The molecule has 0 saturated carbocycles. The second-order valence-corrected chi connectivity index (χ2v) is 5.44. The summed E-state index contributed by atoms with van der Waals surface area (Å²) in [5.41, 5.74) is 3.50. The van der Waals surface area contributed by atoms with Crippen molar-refractivity contribution in [3.8, 4) is 28.3 Å². The van der Waals surface area contributed by atoms with Crippen LogP contribution in [-0.2, 0) is 0 Å². The lowest BCUT2D eigenvalue weighted by Crippen LogP contribution is -1.81. The van der Waals surface area contributed by atoms with Gasteiger partial charge in [0.1, 0.15) is 5.75 Å². The number of hydrogen-bond acceptors (Lipinski definition) is 2. The van der Waals surface area contributed by atoms with Gasteiger partial charge in [0.25, 0.3) is 0 Å². The summed E-state index contributed by atoms with van der Waals surface area (Å²) in [5, 5.41) is 17.2. The molecule has 0 unspecified atom stereocenters. The summed E-state index contributed by atoms with van der Waals surface area (Å²) >= 11 is 2.22. The molecule has 2 N–H and O–H groups in total. The maximum atomic E-state index is 9.92. The Morgan fingerprint density at radius 3 is 2.58 bits per heavy atom. The standard InChI is InChI=1S/C15H11IN2O/c16-11-6-7-15(19)12(8-11)14-9-13(17-18-14)10-4-2-1-3-5-10/h1-9,19H,(H,17,18). The number of aromatic amines is 1. The Morgan fingerprint density at radius 1 is 1.00 bits per heavy atom. The summed E-state index contributed by atoms with van der Waals surface area (Å²) < 4.78 is 1.07. The molecular weight excluding hydrogens is 351 g/mol. The Hall–Kier alpha value is -1.82. The smallest absolute Gasteiger partial charge is 0.125 e. The van der Waals surface area contributed by atoms with Gasteiger partial charge < -0.3 is 5.11 Å². The van der Waals surface area contributed by atoms with E-state index in [1.807, 2.05) is 48.5 Å². The lowest BCUT2D eigenvalue weighted by Gasteiger charge is -2.01. The molecule has 3 nitrogen and oxygen atoms in total. The molecule has 94 valence electrons. The summed E-state index contributed by atoms with van der Waals surface area (Å²) in [6.07, 6.45) is 0. The number of aromatic hydroxyl groups is 1. The molecule has 2 aromatic carbocycles. The first-order chi connectivity index (χ1) is 9.24. The molecule has 0 spiro atoms. The molecule has 0 saturated heterocycles. The molecule has 0 fully saturated rings. The van der Waals surface area contributed by atoms with Crippen LogP contribution in [0.4, 0.5) is 0 Å². The molecule has 0 aliphatic heterocycles. The topological polar surface area (TPSA) is 48.9 Å². The van der Waals surface area contributed by atoms with Crippen molar-refractivity contribution < 1.29 is 5.11 Å². The number of nitrogens with one attached hydrogen (secondary N) is 1. The van der Waals surface area contributed by atoms with Crippen molar-refractivity contribution in [1.82, 2.24) is 10.2 Å². The van der Waals surface area contributed by atoms with Gasteiger partial charge in [0.2, 0.25) is 0 Å². The number of halogens is 1. The summed E-state index contributed by atoms with van der Waals surface area (Å²) in [6.45, 7) is 0. The van der Waals surface area contributed by atoms with E-state index in [0.717, 1.165) is 26.1 Å². The van der Waals surface area contributed by atoms with Crippen LogP contribution in [0.5, 0.6) is 5.75 Å². The van der Waals surface area contributed by atoms with E-state index in [4.69, 9.17) is 0 Å². The minimum Gasteiger partial charge on any atom is -0.507 e. The SMILES string of the molecule is Oc1ccc(I)cc1-c1cc(-c2ccccc2)n[nH]1. The van der Waals surface area contributed by atoms with Gasteiger partial charge in [0.15, 0.2) is 0 Å². The van der Waals surface area contributed by atoms with Gasteiger partial charge in [-0.1, -0.05) is 30.3 Å². The molecule has 3 aromatic rings. The molecule has 3 rings (SSSR count). The van der Waals surface area contributed by atoms with Gasteiger partial charge in [-0.3, -0.25) is 5.10 Å². The summed E-state index contributed by atoms with van der Waals surface area (Å²) in [4.78, 5) is 0. The first kappa shape index (κ1) is 12.2. The van der Waals surface area contributed by atoms with Crippen molar-refractivity contribution in [3.63, 3.8) is 0 Å². The average molecular weight is 362 g/mol. The van der Waals surface area contributed by atoms with Crippen molar-refractivity contribution in [2.45, 2.75) is 0 Å². The number of rotatable bonds is 2.